The summed E-state index contributed by atoms with van der Waals surface area (Å²) in [5.41, 5.74) is -2.91. The summed E-state index contributed by atoms with van der Waals surface area (Å²) < 4.78 is 0.496. The first kappa shape index (κ1) is 9.97. The number of H-pyrrole nitrogens is 1. The van der Waals surface area contributed by atoms with Gasteiger partial charge in [-0.1, -0.05) is 22.9 Å². The maximum Gasteiger partial charge on any atom is 0.374 e. The monoisotopic (exact) mass is 221 g/mol. The average molecular weight is 221 g/mol. The molecular formula is C9H7N3O4. The molecule has 0 atom stereocenters. The third kappa shape index (κ3) is 1.44. The van der Waals surface area contributed by atoms with Gasteiger partial charge in [-0.05, 0) is 12.1 Å². The smallest absolute Gasteiger partial charge is 0.374 e. The quantitative estimate of drug-likeness (QED) is 0.599. The predicted molar refractivity (Wildman–Crippen MR) is 54.1 cm³/mol. The molecule has 2 N–H and O–H groups in total. The van der Waals surface area contributed by atoms with E-state index in [0.29, 0.717) is 4.57 Å². The molecule has 0 aliphatic rings. The van der Waals surface area contributed by atoms with Crippen molar-refractivity contribution in [3.63, 3.8) is 0 Å². The fourth-order valence-corrected chi connectivity index (χ4v) is 1.27. The Balaban J connectivity index is 2.88. The first-order chi connectivity index (χ1) is 7.61. The van der Waals surface area contributed by atoms with Gasteiger partial charge in [-0.25, -0.2) is 19.0 Å². The van der Waals surface area contributed by atoms with Gasteiger partial charge in [0, 0.05) is 0 Å². The van der Waals surface area contributed by atoms with Crippen molar-refractivity contribution in [3.05, 3.63) is 61.8 Å². The molecule has 7 heteroatoms. The standard InChI is InChI=1S/C9H7N3O4/c13-7-10-8(14)12(16)9(15)11(7)6-4-2-1-3-5-6/h1-5,16H,(H,10,13,14). The van der Waals surface area contributed by atoms with Gasteiger partial charge in [0.25, 0.3) is 0 Å². The zero-order chi connectivity index (χ0) is 11.7. The molecule has 1 heterocycles. The second-order valence-corrected chi connectivity index (χ2v) is 3.00. The number of para-hydroxylation sites is 1. The van der Waals surface area contributed by atoms with Crippen LogP contribution in [0.3, 0.4) is 0 Å². The summed E-state index contributed by atoms with van der Waals surface area (Å²) in [5.74, 6) is 0. The molecule has 0 spiro atoms. The van der Waals surface area contributed by atoms with E-state index in [1.165, 1.54) is 12.1 Å². The van der Waals surface area contributed by atoms with Crippen molar-refractivity contribution in [3.8, 4) is 5.69 Å². The summed E-state index contributed by atoms with van der Waals surface area (Å²) in [6, 6.07) is 7.95. The molecule has 0 amide bonds. The lowest BCUT2D eigenvalue weighted by atomic mass is 10.3. The highest BCUT2D eigenvalue weighted by atomic mass is 16.5. The Morgan fingerprint density at radius 1 is 1.00 bits per heavy atom. The van der Waals surface area contributed by atoms with Gasteiger partial charge in [0.05, 0.1) is 5.69 Å². The van der Waals surface area contributed by atoms with Crippen LogP contribution in [0.1, 0.15) is 0 Å². The molecule has 0 fully saturated rings. The van der Waals surface area contributed by atoms with E-state index in [4.69, 9.17) is 5.21 Å². The largest absolute Gasteiger partial charge is 0.420 e. The number of hydrogen-bond donors (Lipinski definition) is 2. The van der Waals surface area contributed by atoms with Crippen molar-refractivity contribution in [2.75, 3.05) is 0 Å². The summed E-state index contributed by atoms with van der Waals surface area (Å²) in [4.78, 5) is 35.6. The molecule has 2 rings (SSSR count). The van der Waals surface area contributed by atoms with Crippen LogP contribution in [0.2, 0.25) is 0 Å². The Morgan fingerprint density at radius 3 is 2.25 bits per heavy atom. The molecule has 0 radical (unpaired) electrons. The summed E-state index contributed by atoms with van der Waals surface area (Å²) in [5, 5.41) is 9.07. The SMILES string of the molecule is O=c1[nH]c(=O)n(-c2ccccc2)c(=O)n1O. The van der Waals surface area contributed by atoms with Crippen LogP contribution in [0.4, 0.5) is 0 Å². The van der Waals surface area contributed by atoms with Gasteiger partial charge in [0.15, 0.2) is 0 Å². The molecule has 2 aromatic rings. The zero-order valence-electron chi connectivity index (χ0n) is 7.95. The van der Waals surface area contributed by atoms with Crippen molar-refractivity contribution in [2.24, 2.45) is 0 Å². The van der Waals surface area contributed by atoms with Crippen LogP contribution >= 0.6 is 0 Å². The molecule has 0 bridgehead atoms. The molecule has 1 aromatic carbocycles. The highest BCUT2D eigenvalue weighted by Gasteiger charge is 2.09. The zero-order valence-corrected chi connectivity index (χ0v) is 7.95. The van der Waals surface area contributed by atoms with Gasteiger partial charge < -0.3 is 5.21 Å². The third-order valence-electron chi connectivity index (χ3n) is 2.00. The molecule has 82 valence electrons. The number of benzene rings is 1. The fourth-order valence-electron chi connectivity index (χ4n) is 1.27. The third-order valence-corrected chi connectivity index (χ3v) is 2.00. The van der Waals surface area contributed by atoms with E-state index >= 15 is 0 Å². The molecule has 1 aromatic heterocycles. The minimum atomic E-state index is -1.16. The van der Waals surface area contributed by atoms with Crippen LogP contribution in [0.25, 0.3) is 5.69 Å². The number of aromatic nitrogens is 3. The highest BCUT2D eigenvalue weighted by Crippen LogP contribution is 1.98. The Morgan fingerprint density at radius 2 is 1.62 bits per heavy atom. The Bertz CT molecular complexity index is 680. The molecular weight excluding hydrogens is 214 g/mol. The van der Waals surface area contributed by atoms with E-state index in [9.17, 15) is 14.4 Å². The molecule has 0 saturated heterocycles. The van der Waals surface area contributed by atoms with E-state index in [-0.39, 0.29) is 10.4 Å². The number of rotatable bonds is 1. The molecule has 0 saturated carbocycles. The second kappa shape index (κ2) is 3.54. The molecule has 16 heavy (non-hydrogen) atoms. The maximum atomic E-state index is 11.5. The van der Waals surface area contributed by atoms with Gasteiger partial charge in [0.2, 0.25) is 0 Å². The lowest BCUT2D eigenvalue weighted by Gasteiger charge is -2.03. The van der Waals surface area contributed by atoms with Crippen LogP contribution in [0, 0.1) is 0 Å². The molecule has 7 nitrogen and oxygen atoms in total. The van der Waals surface area contributed by atoms with Gasteiger partial charge in [-0.3, -0.25) is 4.98 Å². The van der Waals surface area contributed by atoms with Crippen molar-refractivity contribution in [2.45, 2.75) is 0 Å². The lowest BCUT2D eigenvalue weighted by Crippen LogP contribution is -2.47. The normalized spacial score (nSPS) is 10.2. The predicted octanol–water partition coefficient (Wildman–Crippen LogP) is -1.08. The summed E-state index contributed by atoms with van der Waals surface area (Å²) in [7, 11) is 0. The summed E-state index contributed by atoms with van der Waals surface area (Å²) in [6.45, 7) is 0. The lowest BCUT2D eigenvalue weighted by molar-refractivity contribution is 0.150. The van der Waals surface area contributed by atoms with Gasteiger partial charge in [-0.15, -0.1) is 0 Å². The maximum absolute atomic E-state index is 11.5. The number of nitrogens with zero attached hydrogens (tertiary/aromatic N) is 2. The van der Waals surface area contributed by atoms with Gasteiger partial charge in [-0.2, -0.15) is 0 Å². The van der Waals surface area contributed by atoms with E-state index < -0.39 is 17.1 Å². The Labute approximate surface area is 87.8 Å². The Kier molecular flexibility index (Phi) is 2.20. The molecule has 0 aliphatic heterocycles. The fraction of sp³-hybridized carbons (Fsp3) is 0. The Hall–Kier alpha value is -2.57. The topological polar surface area (TPSA) is 97.1 Å². The van der Waals surface area contributed by atoms with Crippen molar-refractivity contribution in [1.29, 1.82) is 0 Å². The van der Waals surface area contributed by atoms with Crippen molar-refractivity contribution < 1.29 is 5.21 Å². The highest BCUT2D eigenvalue weighted by molar-refractivity contribution is 5.30. The second-order valence-electron chi connectivity index (χ2n) is 3.00. The number of aromatic amines is 1. The van der Waals surface area contributed by atoms with Gasteiger partial charge >= 0.3 is 17.1 Å². The van der Waals surface area contributed by atoms with E-state index in [1.807, 2.05) is 4.98 Å². The van der Waals surface area contributed by atoms with Crippen LogP contribution in [-0.2, 0) is 0 Å². The van der Waals surface area contributed by atoms with E-state index in [2.05, 4.69) is 0 Å². The first-order valence-corrected chi connectivity index (χ1v) is 4.34. The van der Waals surface area contributed by atoms with E-state index in [1.54, 1.807) is 18.2 Å². The first-order valence-electron chi connectivity index (χ1n) is 4.34. The van der Waals surface area contributed by atoms with Crippen LogP contribution < -0.4 is 17.1 Å². The minimum absolute atomic E-state index is 0.158. The summed E-state index contributed by atoms with van der Waals surface area (Å²) in [6.07, 6.45) is 0. The molecule has 0 unspecified atom stereocenters. The van der Waals surface area contributed by atoms with E-state index in [0.717, 1.165) is 0 Å². The van der Waals surface area contributed by atoms with Gasteiger partial charge in [0.1, 0.15) is 0 Å². The minimum Gasteiger partial charge on any atom is -0.420 e. The van der Waals surface area contributed by atoms with Crippen LogP contribution in [-0.4, -0.2) is 19.5 Å². The van der Waals surface area contributed by atoms with Crippen molar-refractivity contribution in [1.82, 2.24) is 14.3 Å². The summed E-state index contributed by atoms with van der Waals surface area (Å²) >= 11 is 0. The number of nitrogens with one attached hydrogen (secondary N) is 1. The van der Waals surface area contributed by atoms with Crippen molar-refractivity contribution >= 4 is 0 Å². The number of hydrogen-bond acceptors (Lipinski definition) is 4. The average Bonchev–Trinajstić information content (AvgIpc) is 2.28. The van der Waals surface area contributed by atoms with Crippen LogP contribution in [0.15, 0.2) is 44.7 Å². The molecule has 0 aliphatic carbocycles. The van der Waals surface area contributed by atoms with Crippen LogP contribution in [0.5, 0.6) is 0 Å².